The molecule has 5 nitrogen and oxygen atoms in total. The summed E-state index contributed by atoms with van der Waals surface area (Å²) < 4.78 is 1.58. The summed E-state index contributed by atoms with van der Waals surface area (Å²) in [5.74, 6) is 0.300. The first-order valence-electron chi connectivity index (χ1n) is 7.56. The van der Waals surface area contributed by atoms with Crippen molar-refractivity contribution in [3.63, 3.8) is 0 Å². The molecule has 0 saturated carbocycles. The molecule has 2 atom stereocenters. The molecule has 3 rings (SSSR count). The molecule has 2 heterocycles. The fourth-order valence-electron chi connectivity index (χ4n) is 2.72. The Hall–Kier alpha value is -1.27. The Bertz CT molecular complexity index is 719. The van der Waals surface area contributed by atoms with Crippen LogP contribution in [-0.4, -0.2) is 34.8 Å². The van der Waals surface area contributed by atoms with Gasteiger partial charge in [0.15, 0.2) is 0 Å². The summed E-state index contributed by atoms with van der Waals surface area (Å²) in [6, 6.07) is 5.34. The maximum atomic E-state index is 12.4. The molecule has 2 aromatic rings. The molecule has 1 aromatic heterocycles. The highest BCUT2D eigenvalue weighted by atomic mass is 35.5. The van der Waals surface area contributed by atoms with Gasteiger partial charge in [0.1, 0.15) is 0 Å². The number of aromatic nitrogens is 2. The number of rotatable bonds is 3. The van der Waals surface area contributed by atoms with Gasteiger partial charge in [-0.3, -0.25) is 4.79 Å². The summed E-state index contributed by atoms with van der Waals surface area (Å²) in [6.07, 6.45) is 4.16. The maximum Gasteiger partial charge on any atom is 0.254 e. The van der Waals surface area contributed by atoms with E-state index in [0.29, 0.717) is 27.2 Å². The Labute approximate surface area is 157 Å². The Morgan fingerprint density at radius 3 is 2.92 bits per heavy atom. The summed E-state index contributed by atoms with van der Waals surface area (Å²) >= 11 is 12.1. The van der Waals surface area contributed by atoms with Gasteiger partial charge in [-0.2, -0.15) is 5.10 Å². The lowest BCUT2D eigenvalue weighted by molar-refractivity contribution is 0.0914. The van der Waals surface area contributed by atoms with Crippen LogP contribution in [0.1, 0.15) is 23.7 Å². The van der Waals surface area contributed by atoms with Crippen LogP contribution >= 0.6 is 35.6 Å². The van der Waals surface area contributed by atoms with E-state index < -0.39 is 0 Å². The second-order valence-corrected chi connectivity index (χ2v) is 6.66. The van der Waals surface area contributed by atoms with Gasteiger partial charge in [0, 0.05) is 17.3 Å². The molecule has 1 fully saturated rings. The molecule has 0 spiro atoms. The van der Waals surface area contributed by atoms with E-state index in [0.717, 1.165) is 19.5 Å². The number of piperidine rings is 1. The number of amides is 1. The maximum absolute atomic E-state index is 12.4. The second kappa shape index (κ2) is 8.21. The zero-order valence-corrected chi connectivity index (χ0v) is 15.5. The molecule has 0 aliphatic carbocycles. The molecular formula is C16H19Cl3N4O. The van der Waals surface area contributed by atoms with Crippen LogP contribution in [0.25, 0.3) is 5.69 Å². The van der Waals surface area contributed by atoms with Gasteiger partial charge in [-0.25, -0.2) is 4.68 Å². The normalized spacial score (nSPS) is 20.3. The Kier molecular flexibility index (Phi) is 6.52. The second-order valence-electron chi connectivity index (χ2n) is 5.82. The fourth-order valence-corrected chi connectivity index (χ4v) is 3.21. The average Bonchev–Trinajstić information content (AvgIpc) is 2.99. The lowest BCUT2D eigenvalue weighted by Gasteiger charge is -2.30. The number of benzene rings is 1. The standard InChI is InChI=1S/C16H18Cl2N4O.ClH/c1-10-7-19-5-4-14(10)21-16(23)11-8-20-22(9-11)15-3-2-12(17)6-13(15)18;/h2-3,6,8-10,14,19H,4-5,7H2,1H3,(H,21,23);1H. The lowest BCUT2D eigenvalue weighted by atomic mass is 9.95. The predicted octanol–water partition coefficient (Wildman–Crippen LogP) is 3.33. The van der Waals surface area contributed by atoms with E-state index in [-0.39, 0.29) is 24.4 Å². The number of nitrogens with one attached hydrogen (secondary N) is 2. The van der Waals surface area contributed by atoms with Crippen molar-refractivity contribution >= 4 is 41.5 Å². The third-order valence-corrected chi connectivity index (χ3v) is 4.64. The van der Waals surface area contributed by atoms with Crippen molar-refractivity contribution in [1.82, 2.24) is 20.4 Å². The van der Waals surface area contributed by atoms with Crippen molar-refractivity contribution < 1.29 is 4.79 Å². The first-order chi connectivity index (χ1) is 11.0. The van der Waals surface area contributed by atoms with Crippen molar-refractivity contribution in [3.05, 3.63) is 46.2 Å². The van der Waals surface area contributed by atoms with Crippen LogP contribution < -0.4 is 10.6 Å². The van der Waals surface area contributed by atoms with Crippen molar-refractivity contribution in [2.45, 2.75) is 19.4 Å². The molecule has 1 saturated heterocycles. The molecule has 0 bridgehead atoms. The van der Waals surface area contributed by atoms with Gasteiger partial charge in [-0.15, -0.1) is 12.4 Å². The van der Waals surface area contributed by atoms with Crippen molar-refractivity contribution in [1.29, 1.82) is 0 Å². The topological polar surface area (TPSA) is 58.9 Å². The molecule has 2 N–H and O–H groups in total. The van der Waals surface area contributed by atoms with E-state index in [1.54, 1.807) is 35.3 Å². The SMILES string of the molecule is CC1CNCCC1NC(=O)c1cnn(-c2ccc(Cl)cc2Cl)c1.Cl. The van der Waals surface area contributed by atoms with Crippen LogP contribution in [0, 0.1) is 5.92 Å². The third-order valence-electron chi connectivity index (χ3n) is 4.10. The summed E-state index contributed by atoms with van der Waals surface area (Å²) in [5.41, 5.74) is 1.20. The average molecular weight is 390 g/mol. The van der Waals surface area contributed by atoms with Crippen LogP contribution in [-0.2, 0) is 0 Å². The van der Waals surface area contributed by atoms with E-state index in [9.17, 15) is 4.79 Å². The van der Waals surface area contributed by atoms with E-state index >= 15 is 0 Å². The van der Waals surface area contributed by atoms with Gasteiger partial charge >= 0.3 is 0 Å². The van der Waals surface area contributed by atoms with Gasteiger partial charge in [-0.05, 0) is 43.6 Å². The largest absolute Gasteiger partial charge is 0.349 e. The minimum Gasteiger partial charge on any atom is -0.349 e. The van der Waals surface area contributed by atoms with E-state index in [1.807, 2.05) is 0 Å². The first-order valence-corrected chi connectivity index (χ1v) is 8.32. The minimum absolute atomic E-state index is 0. The van der Waals surface area contributed by atoms with Gasteiger partial charge in [-0.1, -0.05) is 30.1 Å². The van der Waals surface area contributed by atoms with Crippen molar-refractivity contribution in [2.75, 3.05) is 13.1 Å². The molecule has 1 aromatic carbocycles. The number of carbonyl (C=O) groups excluding carboxylic acids is 1. The van der Waals surface area contributed by atoms with E-state index in [1.165, 1.54) is 0 Å². The zero-order valence-electron chi connectivity index (χ0n) is 13.1. The van der Waals surface area contributed by atoms with Gasteiger partial charge in [0.2, 0.25) is 0 Å². The van der Waals surface area contributed by atoms with Crippen LogP contribution in [0.5, 0.6) is 0 Å². The minimum atomic E-state index is -0.111. The number of carbonyl (C=O) groups is 1. The van der Waals surface area contributed by atoms with Crippen LogP contribution in [0.3, 0.4) is 0 Å². The summed E-state index contributed by atoms with van der Waals surface area (Å²) in [7, 11) is 0. The van der Waals surface area contributed by atoms with Gasteiger partial charge in [0.25, 0.3) is 5.91 Å². The van der Waals surface area contributed by atoms with E-state index in [2.05, 4.69) is 22.7 Å². The van der Waals surface area contributed by atoms with Gasteiger partial charge < -0.3 is 10.6 Å². The quantitative estimate of drug-likeness (QED) is 0.846. The lowest BCUT2D eigenvalue weighted by Crippen LogP contribution is -2.48. The van der Waals surface area contributed by atoms with E-state index in [4.69, 9.17) is 23.2 Å². The first kappa shape index (κ1) is 19.1. The summed E-state index contributed by atoms with van der Waals surface area (Å²) in [5, 5.41) is 11.7. The molecule has 8 heteroatoms. The molecule has 0 radical (unpaired) electrons. The fraction of sp³-hybridized carbons (Fsp3) is 0.375. The molecule has 130 valence electrons. The number of hydrogen-bond donors (Lipinski definition) is 2. The van der Waals surface area contributed by atoms with Crippen molar-refractivity contribution in [3.8, 4) is 5.69 Å². The zero-order chi connectivity index (χ0) is 16.4. The molecule has 24 heavy (non-hydrogen) atoms. The van der Waals surface area contributed by atoms with Crippen LogP contribution in [0.15, 0.2) is 30.6 Å². The Balaban J connectivity index is 0.00000208. The highest BCUT2D eigenvalue weighted by Gasteiger charge is 2.23. The summed E-state index contributed by atoms with van der Waals surface area (Å²) in [4.78, 5) is 12.4. The summed E-state index contributed by atoms with van der Waals surface area (Å²) in [6.45, 7) is 3.98. The number of halogens is 3. The van der Waals surface area contributed by atoms with Crippen LogP contribution in [0.4, 0.5) is 0 Å². The smallest absolute Gasteiger partial charge is 0.254 e. The molecule has 1 aliphatic heterocycles. The third kappa shape index (κ3) is 4.22. The Morgan fingerprint density at radius 2 is 2.21 bits per heavy atom. The number of nitrogens with zero attached hydrogens (tertiary/aromatic N) is 2. The highest BCUT2D eigenvalue weighted by molar-refractivity contribution is 6.35. The van der Waals surface area contributed by atoms with Crippen LogP contribution in [0.2, 0.25) is 10.0 Å². The molecule has 1 aliphatic rings. The van der Waals surface area contributed by atoms with Gasteiger partial charge in [0.05, 0.1) is 22.5 Å². The molecule has 1 amide bonds. The van der Waals surface area contributed by atoms with Crippen molar-refractivity contribution in [2.24, 2.45) is 5.92 Å². The number of hydrogen-bond acceptors (Lipinski definition) is 3. The Morgan fingerprint density at radius 1 is 1.42 bits per heavy atom. The predicted molar refractivity (Wildman–Crippen MR) is 98.7 cm³/mol. The monoisotopic (exact) mass is 388 g/mol. The molecule has 2 unspecified atom stereocenters. The highest BCUT2D eigenvalue weighted by Crippen LogP contribution is 2.24. The molecular weight excluding hydrogens is 371 g/mol.